The molecule has 0 radical (unpaired) electrons. The molecule has 0 aliphatic heterocycles. The Labute approximate surface area is 255 Å². The molecule has 2 nitrogen and oxygen atoms in total. The first kappa shape index (κ1) is 25.7. The van der Waals surface area contributed by atoms with Gasteiger partial charge >= 0.3 is 0 Å². The van der Waals surface area contributed by atoms with Gasteiger partial charge in [0.2, 0.25) is 0 Å². The molecule has 0 N–H and O–H groups in total. The van der Waals surface area contributed by atoms with Crippen molar-refractivity contribution < 1.29 is 0 Å². The quantitative estimate of drug-likeness (QED) is 0.198. The third kappa shape index (κ3) is 3.79. The van der Waals surface area contributed by atoms with Crippen molar-refractivity contribution in [2.24, 2.45) is 0 Å². The lowest BCUT2D eigenvalue weighted by Crippen LogP contribution is -1.93. The monoisotopic (exact) mass is 558 g/mol. The third-order valence-corrected chi connectivity index (χ3v) is 9.04. The number of benzene rings is 8. The smallest absolute Gasteiger partial charge is 0.101 e. The molecule has 0 bridgehead atoms. The van der Waals surface area contributed by atoms with Gasteiger partial charge in [-0.3, -0.25) is 0 Å². The summed E-state index contributed by atoms with van der Waals surface area (Å²) >= 11 is 0. The molecule has 8 aromatic carbocycles. The van der Waals surface area contributed by atoms with Crippen LogP contribution >= 0.6 is 0 Å². The van der Waals surface area contributed by atoms with Gasteiger partial charge in [-0.2, -0.15) is 10.5 Å². The van der Waals surface area contributed by atoms with Gasteiger partial charge in [-0.25, -0.2) is 0 Å². The van der Waals surface area contributed by atoms with E-state index in [2.05, 4.69) is 135 Å². The first-order valence-corrected chi connectivity index (χ1v) is 14.8. The van der Waals surface area contributed by atoms with E-state index in [-0.39, 0.29) is 0 Å². The average Bonchev–Trinajstić information content (AvgIpc) is 3.07. The summed E-state index contributed by atoms with van der Waals surface area (Å²) in [6.45, 7) is 4.21. The Balaban J connectivity index is 1.67. The van der Waals surface area contributed by atoms with Crippen LogP contribution in [0.3, 0.4) is 0 Å². The number of hydrogen-bond donors (Lipinski definition) is 0. The fourth-order valence-electron chi connectivity index (χ4n) is 6.89. The van der Waals surface area contributed by atoms with E-state index in [4.69, 9.17) is 0 Å². The molecule has 0 saturated heterocycles. The Morgan fingerprint density at radius 2 is 0.750 bits per heavy atom. The Morgan fingerprint density at radius 3 is 1.11 bits per heavy atom. The fourth-order valence-corrected chi connectivity index (χ4v) is 6.89. The molecular weight excluding hydrogens is 532 g/mol. The highest BCUT2D eigenvalue weighted by molar-refractivity contribution is 6.38. The van der Waals surface area contributed by atoms with Crippen LogP contribution in [0.25, 0.3) is 76.1 Å². The van der Waals surface area contributed by atoms with Gasteiger partial charge in [-0.15, -0.1) is 0 Å². The first-order chi connectivity index (χ1) is 21.6. The van der Waals surface area contributed by atoms with Gasteiger partial charge in [0, 0.05) is 0 Å². The maximum Gasteiger partial charge on any atom is 0.101 e. The molecule has 0 unspecified atom stereocenters. The van der Waals surface area contributed by atoms with Crippen molar-refractivity contribution in [2.75, 3.05) is 0 Å². The Bertz CT molecular complexity index is 2380. The minimum absolute atomic E-state index is 0.394. The minimum Gasteiger partial charge on any atom is -0.192 e. The predicted molar refractivity (Wildman–Crippen MR) is 184 cm³/mol. The normalized spacial score (nSPS) is 11.4. The summed E-state index contributed by atoms with van der Waals surface area (Å²) < 4.78 is 0. The lowest BCUT2D eigenvalue weighted by Gasteiger charge is -2.19. The molecule has 0 aliphatic rings. The Kier molecular flexibility index (Phi) is 5.73. The van der Waals surface area contributed by atoms with Crippen molar-refractivity contribution in [3.8, 4) is 34.4 Å². The van der Waals surface area contributed by atoms with Crippen molar-refractivity contribution in [1.29, 1.82) is 10.5 Å². The standard InChI is InChI=1S/C42H26N2/c1-25-11-15-27(16-12-25)35-21-39-37-19-29(23-43)30(24-44)20-38(37)40-22-36(28-17-13-26(2)14-18-28)32-8-4-6-10-34(32)42(40)41(39)33-9-5-3-7-31(33)35/h3-22H,1-2H3. The number of hydrogen-bond acceptors (Lipinski definition) is 2. The van der Waals surface area contributed by atoms with Gasteiger partial charge in [0.05, 0.1) is 11.1 Å². The van der Waals surface area contributed by atoms with Gasteiger partial charge < -0.3 is 0 Å². The van der Waals surface area contributed by atoms with E-state index in [0.29, 0.717) is 11.1 Å². The summed E-state index contributed by atoms with van der Waals surface area (Å²) in [5.74, 6) is 0. The van der Waals surface area contributed by atoms with E-state index in [1.54, 1.807) is 0 Å². The van der Waals surface area contributed by atoms with Crippen LogP contribution in [0.1, 0.15) is 22.3 Å². The third-order valence-electron chi connectivity index (χ3n) is 9.04. The molecule has 204 valence electrons. The molecule has 0 aliphatic carbocycles. The zero-order valence-electron chi connectivity index (χ0n) is 24.4. The number of nitriles is 2. The van der Waals surface area contributed by atoms with Gasteiger partial charge in [0.15, 0.2) is 0 Å². The van der Waals surface area contributed by atoms with Crippen molar-refractivity contribution in [1.82, 2.24) is 0 Å². The topological polar surface area (TPSA) is 47.6 Å². The summed E-state index contributed by atoms with van der Waals surface area (Å²) in [6.07, 6.45) is 0. The number of fused-ring (bicyclic) bond motifs is 10. The van der Waals surface area contributed by atoms with Crippen molar-refractivity contribution in [3.63, 3.8) is 0 Å². The molecule has 2 heteroatoms. The second-order valence-electron chi connectivity index (χ2n) is 11.7. The van der Waals surface area contributed by atoms with Gasteiger partial charge in [-0.1, -0.05) is 108 Å². The van der Waals surface area contributed by atoms with E-state index in [1.807, 2.05) is 12.1 Å². The van der Waals surface area contributed by atoms with Crippen LogP contribution in [0, 0.1) is 36.5 Å². The summed E-state index contributed by atoms with van der Waals surface area (Å²) in [5, 5.41) is 31.3. The molecular formula is C42H26N2. The van der Waals surface area contributed by atoms with Crippen molar-refractivity contribution >= 4 is 53.9 Å². The molecule has 0 amide bonds. The molecule has 0 atom stereocenters. The van der Waals surface area contributed by atoms with Crippen molar-refractivity contribution in [3.05, 3.63) is 144 Å². The highest BCUT2D eigenvalue weighted by Crippen LogP contribution is 2.47. The minimum atomic E-state index is 0.394. The zero-order valence-corrected chi connectivity index (χ0v) is 24.4. The molecule has 8 aromatic rings. The van der Waals surface area contributed by atoms with Crippen molar-refractivity contribution in [2.45, 2.75) is 13.8 Å². The Hall–Kier alpha value is -5.96. The second kappa shape index (κ2) is 9.81. The van der Waals surface area contributed by atoms with Gasteiger partial charge in [0.1, 0.15) is 12.1 Å². The largest absolute Gasteiger partial charge is 0.192 e. The zero-order chi connectivity index (χ0) is 29.9. The van der Waals surface area contributed by atoms with Crippen LogP contribution in [0.2, 0.25) is 0 Å². The number of nitrogens with zero attached hydrogens (tertiary/aromatic N) is 2. The molecule has 0 fully saturated rings. The van der Waals surface area contributed by atoms with E-state index >= 15 is 0 Å². The van der Waals surface area contributed by atoms with E-state index in [9.17, 15) is 10.5 Å². The summed E-state index contributed by atoms with van der Waals surface area (Å²) in [4.78, 5) is 0. The molecule has 8 rings (SSSR count). The van der Waals surface area contributed by atoms with Gasteiger partial charge in [-0.05, 0) is 114 Å². The van der Waals surface area contributed by atoms with E-state index < -0.39 is 0 Å². The summed E-state index contributed by atoms with van der Waals surface area (Å²) in [6, 6.07) is 47.7. The number of rotatable bonds is 2. The SMILES string of the molecule is Cc1ccc(-c2cc3c4cc(C#N)c(C#N)cc4c4cc(-c5ccc(C)cc5)c5ccccc5c4c3c3ccccc23)cc1. The van der Waals surface area contributed by atoms with Crippen LogP contribution in [0.4, 0.5) is 0 Å². The van der Waals surface area contributed by atoms with Crippen LogP contribution in [0.5, 0.6) is 0 Å². The lowest BCUT2D eigenvalue weighted by molar-refractivity contribution is 1.45. The average molecular weight is 559 g/mol. The van der Waals surface area contributed by atoms with Crippen LogP contribution in [0.15, 0.2) is 121 Å². The summed E-state index contributed by atoms with van der Waals surface area (Å²) in [5.41, 5.74) is 7.82. The highest BCUT2D eigenvalue weighted by Gasteiger charge is 2.20. The molecule has 44 heavy (non-hydrogen) atoms. The lowest BCUT2D eigenvalue weighted by atomic mass is 9.83. The molecule has 0 spiro atoms. The maximum atomic E-state index is 10.1. The summed E-state index contributed by atoms with van der Waals surface area (Å²) in [7, 11) is 0. The number of aryl methyl sites for hydroxylation is 2. The van der Waals surface area contributed by atoms with E-state index in [0.717, 1.165) is 43.8 Å². The van der Waals surface area contributed by atoms with E-state index in [1.165, 1.54) is 43.4 Å². The van der Waals surface area contributed by atoms with Crippen LogP contribution < -0.4 is 0 Å². The maximum absolute atomic E-state index is 10.1. The Morgan fingerprint density at radius 1 is 0.386 bits per heavy atom. The van der Waals surface area contributed by atoms with Crippen LogP contribution in [-0.4, -0.2) is 0 Å². The van der Waals surface area contributed by atoms with Gasteiger partial charge in [0.25, 0.3) is 0 Å². The first-order valence-electron chi connectivity index (χ1n) is 14.8. The highest BCUT2D eigenvalue weighted by atomic mass is 14.3. The molecule has 0 saturated carbocycles. The fraction of sp³-hybridized carbons (Fsp3) is 0.0476. The molecule has 0 heterocycles. The van der Waals surface area contributed by atoms with Crippen LogP contribution in [-0.2, 0) is 0 Å². The molecule has 0 aromatic heterocycles. The predicted octanol–water partition coefficient (Wildman–Crippen LogP) is 11.1. The second-order valence-corrected chi connectivity index (χ2v) is 11.7.